The molecule has 0 N–H and O–H groups in total. The topological polar surface area (TPSA) is 33.5 Å². The highest BCUT2D eigenvalue weighted by Crippen LogP contribution is 2.29. The van der Waals surface area contributed by atoms with E-state index in [1.54, 1.807) is 12.1 Å². The maximum absolute atomic E-state index is 14.0. The first-order valence-electron chi connectivity index (χ1n) is 8.71. The van der Waals surface area contributed by atoms with Gasteiger partial charge in [0, 0.05) is 35.1 Å². The van der Waals surface area contributed by atoms with Gasteiger partial charge >= 0.3 is 5.63 Å². The molecule has 0 saturated carbocycles. The van der Waals surface area contributed by atoms with Gasteiger partial charge in [0.15, 0.2) is 0 Å². The van der Waals surface area contributed by atoms with Gasteiger partial charge < -0.3 is 4.42 Å². The zero-order valence-corrected chi connectivity index (χ0v) is 15.3. The second-order valence-electron chi connectivity index (χ2n) is 6.93. The van der Waals surface area contributed by atoms with Gasteiger partial charge in [0.05, 0.1) is 0 Å². The second-order valence-corrected chi connectivity index (χ2v) is 7.34. The number of aryl methyl sites for hydroxylation is 2. The lowest BCUT2D eigenvalue weighted by atomic mass is 10.0. The zero-order valence-electron chi connectivity index (χ0n) is 14.5. The van der Waals surface area contributed by atoms with Crippen molar-refractivity contribution in [1.29, 1.82) is 0 Å². The Morgan fingerprint density at radius 1 is 1.15 bits per heavy atom. The smallest absolute Gasteiger partial charge is 0.336 e. The number of nitrogens with zero attached hydrogens (tertiary/aromatic N) is 1. The third-order valence-electron chi connectivity index (χ3n) is 4.97. The average molecular weight is 372 g/mol. The molecule has 0 bridgehead atoms. The van der Waals surface area contributed by atoms with Crippen molar-refractivity contribution in [2.45, 2.75) is 32.4 Å². The van der Waals surface area contributed by atoms with Crippen LogP contribution in [0, 0.1) is 5.82 Å². The number of halogens is 2. The Kier molecular flexibility index (Phi) is 4.55. The van der Waals surface area contributed by atoms with Gasteiger partial charge in [-0.1, -0.05) is 17.7 Å². The van der Waals surface area contributed by atoms with E-state index in [0.717, 1.165) is 30.2 Å². The maximum atomic E-state index is 14.0. The Morgan fingerprint density at radius 2 is 1.92 bits per heavy atom. The van der Waals surface area contributed by atoms with E-state index in [1.807, 2.05) is 18.0 Å². The Hall–Kier alpha value is -2.17. The summed E-state index contributed by atoms with van der Waals surface area (Å²) in [6, 6.07) is 10.4. The van der Waals surface area contributed by atoms with Crippen molar-refractivity contribution in [2.75, 3.05) is 7.05 Å². The second kappa shape index (κ2) is 6.86. The molecule has 2 aromatic carbocycles. The fraction of sp³-hybridized carbons (Fsp3) is 0.286. The molecule has 1 aliphatic rings. The Morgan fingerprint density at radius 3 is 2.69 bits per heavy atom. The fourth-order valence-electron chi connectivity index (χ4n) is 3.73. The van der Waals surface area contributed by atoms with Crippen molar-refractivity contribution < 1.29 is 8.81 Å². The molecular formula is C21H19ClFNO2. The molecule has 0 saturated heterocycles. The van der Waals surface area contributed by atoms with Crippen molar-refractivity contribution in [3.8, 4) is 0 Å². The number of rotatable bonds is 4. The van der Waals surface area contributed by atoms with Crippen molar-refractivity contribution in [2.24, 2.45) is 0 Å². The molecule has 134 valence electrons. The van der Waals surface area contributed by atoms with E-state index in [2.05, 4.69) is 6.07 Å². The summed E-state index contributed by atoms with van der Waals surface area (Å²) in [6.07, 6.45) is 3.23. The van der Waals surface area contributed by atoms with E-state index in [-0.39, 0.29) is 11.4 Å². The zero-order chi connectivity index (χ0) is 18.3. The first kappa shape index (κ1) is 17.3. The van der Waals surface area contributed by atoms with Crippen LogP contribution >= 0.6 is 11.6 Å². The maximum Gasteiger partial charge on any atom is 0.336 e. The van der Waals surface area contributed by atoms with E-state index in [0.29, 0.717) is 29.3 Å². The Bertz CT molecular complexity index is 1020. The van der Waals surface area contributed by atoms with Crippen molar-refractivity contribution in [1.82, 2.24) is 4.90 Å². The summed E-state index contributed by atoms with van der Waals surface area (Å²) in [5, 5.41) is 1.36. The highest BCUT2D eigenvalue weighted by molar-refractivity contribution is 6.31. The van der Waals surface area contributed by atoms with Gasteiger partial charge in [0.1, 0.15) is 11.4 Å². The normalized spacial score (nSPS) is 13.5. The molecule has 0 spiro atoms. The predicted octanol–water partition coefficient (Wildman–Crippen LogP) is 4.71. The third-order valence-corrected chi connectivity index (χ3v) is 5.33. The number of fused-ring (bicyclic) bond motifs is 2. The van der Waals surface area contributed by atoms with Crippen LogP contribution in [0.2, 0.25) is 5.02 Å². The lowest BCUT2D eigenvalue weighted by molar-refractivity contribution is 0.314. The summed E-state index contributed by atoms with van der Waals surface area (Å²) in [7, 11) is 1.89. The molecule has 1 aromatic heterocycles. The molecule has 3 nitrogen and oxygen atoms in total. The van der Waals surface area contributed by atoms with Crippen LogP contribution in [-0.4, -0.2) is 11.9 Å². The van der Waals surface area contributed by atoms with Gasteiger partial charge in [-0.25, -0.2) is 9.18 Å². The molecule has 0 amide bonds. The molecule has 0 unspecified atom stereocenters. The van der Waals surface area contributed by atoms with Gasteiger partial charge in [-0.15, -0.1) is 0 Å². The van der Waals surface area contributed by atoms with Crippen LogP contribution in [0.5, 0.6) is 0 Å². The first-order valence-corrected chi connectivity index (χ1v) is 9.09. The minimum Gasteiger partial charge on any atom is -0.423 e. The summed E-state index contributed by atoms with van der Waals surface area (Å²) in [5.74, 6) is -0.320. The predicted molar refractivity (Wildman–Crippen MR) is 101 cm³/mol. The standard InChI is InChI=1S/C21H19ClFNO2/c1-24(12-17-18(22)6-3-7-19(17)23)11-15-10-21(25)26-20-9-14-5-2-4-13(14)8-16(15)20/h3,6-10H,2,4-5,11-12H2,1H3. The molecule has 0 fully saturated rings. The summed E-state index contributed by atoms with van der Waals surface area (Å²) in [6.45, 7) is 0.865. The number of hydrogen-bond acceptors (Lipinski definition) is 3. The SMILES string of the molecule is CN(Cc1c(F)cccc1Cl)Cc1cc(=O)oc2cc3c(cc12)CCC3. The molecule has 5 heteroatoms. The van der Waals surface area contributed by atoms with Crippen LogP contribution in [0.1, 0.15) is 28.7 Å². The fourth-order valence-corrected chi connectivity index (χ4v) is 3.95. The molecule has 4 rings (SSSR count). The summed E-state index contributed by atoms with van der Waals surface area (Å²) in [4.78, 5) is 13.9. The van der Waals surface area contributed by atoms with Gasteiger partial charge in [0.2, 0.25) is 0 Å². The molecule has 1 heterocycles. The quantitative estimate of drug-likeness (QED) is 0.623. The minimum atomic E-state index is -0.359. The van der Waals surface area contributed by atoms with Crippen molar-refractivity contribution in [3.05, 3.63) is 79.9 Å². The van der Waals surface area contributed by atoms with E-state index in [4.69, 9.17) is 16.0 Å². The van der Waals surface area contributed by atoms with Crippen LogP contribution in [0.4, 0.5) is 4.39 Å². The molecular weight excluding hydrogens is 353 g/mol. The number of hydrogen-bond donors (Lipinski definition) is 0. The van der Waals surface area contributed by atoms with E-state index >= 15 is 0 Å². The largest absolute Gasteiger partial charge is 0.423 e. The van der Waals surface area contributed by atoms with Crippen LogP contribution in [0.3, 0.4) is 0 Å². The van der Waals surface area contributed by atoms with Gasteiger partial charge in [-0.05, 0) is 67.3 Å². The highest BCUT2D eigenvalue weighted by atomic mass is 35.5. The summed E-state index contributed by atoms with van der Waals surface area (Å²) in [5.41, 5.74) is 4.22. The van der Waals surface area contributed by atoms with Crippen molar-refractivity contribution in [3.63, 3.8) is 0 Å². The lowest BCUT2D eigenvalue weighted by Gasteiger charge is -2.19. The molecule has 0 radical (unpaired) electrons. The monoisotopic (exact) mass is 371 g/mol. The van der Waals surface area contributed by atoms with Crippen molar-refractivity contribution >= 4 is 22.6 Å². The summed E-state index contributed by atoms with van der Waals surface area (Å²) < 4.78 is 19.5. The molecule has 26 heavy (non-hydrogen) atoms. The molecule has 3 aromatic rings. The third kappa shape index (κ3) is 3.27. The highest BCUT2D eigenvalue weighted by Gasteiger charge is 2.17. The van der Waals surface area contributed by atoms with E-state index in [1.165, 1.54) is 23.3 Å². The average Bonchev–Trinajstić information content (AvgIpc) is 3.04. The lowest BCUT2D eigenvalue weighted by Crippen LogP contribution is -2.19. The van der Waals surface area contributed by atoms with Crippen LogP contribution in [0.25, 0.3) is 11.0 Å². The first-order chi connectivity index (χ1) is 12.5. The molecule has 0 aliphatic heterocycles. The Labute approximate surface area is 156 Å². The van der Waals surface area contributed by atoms with E-state index in [9.17, 15) is 9.18 Å². The van der Waals surface area contributed by atoms with Crippen LogP contribution in [-0.2, 0) is 25.9 Å². The van der Waals surface area contributed by atoms with Gasteiger partial charge in [0.25, 0.3) is 0 Å². The number of benzene rings is 2. The van der Waals surface area contributed by atoms with Crippen LogP contribution in [0.15, 0.2) is 45.6 Å². The molecule has 1 aliphatic carbocycles. The Balaban J connectivity index is 1.67. The summed E-state index contributed by atoms with van der Waals surface area (Å²) >= 11 is 6.13. The van der Waals surface area contributed by atoms with Gasteiger partial charge in [-0.3, -0.25) is 4.90 Å². The van der Waals surface area contributed by atoms with Gasteiger partial charge in [-0.2, -0.15) is 0 Å². The van der Waals surface area contributed by atoms with Crippen LogP contribution < -0.4 is 5.63 Å². The molecule has 0 atom stereocenters. The minimum absolute atomic E-state index is 0.320. The van der Waals surface area contributed by atoms with E-state index < -0.39 is 0 Å².